The Morgan fingerprint density at radius 2 is 1.82 bits per heavy atom. The minimum absolute atomic E-state index is 0.0457. The molecule has 1 saturated heterocycles. The highest BCUT2D eigenvalue weighted by molar-refractivity contribution is 5.95. The number of hydrogen-bond donors (Lipinski definition) is 1. The van der Waals surface area contributed by atoms with Crippen molar-refractivity contribution < 1.29 is 9.90 Å². The first-order valence-electron chi connectivity index (χ1n) is 9.34. The molecule has 1 aliphatic rings. The highest BCUT2D eigenvalue weighted by atomic mass is 16.3. The van der Waals surface area contributed by atoms with Gasteiger partial charge in [-0.3, -0.25) is 4.79 Å². The topological polar surface area (TPSA) is 69.6 Å². The van der Waals surface area contributed by atoms with Crippen molar-refractivity contribution in [3.8, 4) is 16.9 Å². The third-order valence-corrected chi connectivity index (χ3v) is 5.08. The van der Waals surface area contributed by atoms with E-state index in [9.17, 15) is 9.90 Å². The maximum Gasteiger partial charge on any atom is 0.253 e. The second-order valence-electron chi connectivity index (χ2n) is 6.94. The van der Waals surface area contributed by atoms with Crippen LogP contribution in [0.5, 0.6) is 5.75 Å². The van der Waals surface area contributed by atoms with Gasteiger partial charge in [0.15, 0.2) is 5.82 Å². The Morgan fingerprint density at radius 3 is 2.50 bits per heavy atom. The molecule has 0 atom stereocenters. The molecule has 3 aromatic rings. The monoisotopic (exact) mass is 374 g/mol. The molecule has 0 bridgehead atoms. The molecule has 142 valence electrons. The van der Waals surface area contributed by atoms with Crippen LogP contribution in [-0.2, 0) is 0 Å². The lowest BCUT2D eigenvalue weighted by Crippen LogP contribution is -2.49. The van der Waals surface area contributed by atoms with Crippen molar-refractivity contribution in [2.75, 3.05) is 31.1 Å². The fourth-order valence-electron chi connectivity index (χ4n) is 3.58. The lowest BCUT2D eigenvalue weighted by atomic mass is 9.98. The Bertz CT molecular complexity index is 983. The average Bonchev–Trinajstić information content (AvgIpc) is 2.74. The number of aromatic hydroxyl groups is 1. The zero-order valence-electron chi connectivity index (χ0n) is 15.7. The molecule has 0 saturated carbocycles. The number of aromatic nitrogens is 2. The average molecular weight is 374 g/mol. The van der Waals surface area contributed by atoms with E-state index in [1.807, 2.05) is 54.3 Å². The van der Waals surface area contributed by atoms with Gasteiger partial charge in [-0.05, 0) is 60.0 Å². The van der Waals surface area contributed by atoms with Gasteiger partial charge in [0.05, 0.1) is 0 Å². The van der Waals surface area contributed by atoms with Gasteiger partial charge >= 0.3 is 0 Å². The summed E-state index contributed by atoms with van der Waals surface area (Å²) in [6.07, 6.45) is 1.66. The maximum absolute atomic E-state index is 12.9. The Morgan fingerprint density at radius 1 is 1.00 bits per heavy atom. The normalized spacial score (nSPS) is 14.2. The first kappa shape index (κ1) is 18.0. The molecule has 2 aromatic carbocycles. The fourth-order valence-corrected chi connectivity index (χ4v) is 3.58. The van der Waals surface area contributed by atoms with Gasteiger partial charge in [0, 0.05) is 37.9 Å². The number of amides is 1. The number of phenolic OH excluding ortho intramolecular Hbond substituents is 1. The van der Waals surface area contributed by atoms with Gasteiger partial charge in [-0.2, -0.15) is 5.10 Å². The predicted octanol–water partition coefficient (Wildman–Crippen LogP) is 3.12. The first-order chi connectivity index (χ1) is 13.6. The van der Waals surface area contributed by atoms with Crippen LogP contribution in [0.15, 0.2) is 60.8 Å². The molecule has 28 heavy (non-hydrogen) atoms. The van der Waals surface area contributed by atoms with Gasteiger partial charge in [0.1, 0.15) is 5.75 Å². The van der Waals surface area contributed by atoms with Gasteiger partial charge in [-0.25, -0.2) is 0 Å². The standard InChI is InChI=1S/C22H22N4O2/c1-16-14-18(7-8-20(16)17-4-2-5-19(27)15-17)22(28)26-12-10-25(11-13-26)21-6-3-9-23-24-21/h2-9,14-15,27H,10-13H2,1H3. The summed E-state index contributed by atoms with van der Waals surface area (Å²) < 4.78 is 0. The highest BCUT2D eigenvalue weighted by Crippen LogP contribution is 2.27. The van der Waals surface area contributed by atoms with E-state index in [1.54, 1.807) is 18.3 Å². The van der Waals surface area contributed by atoms with Gasteiger partial charge in [-0.15, -0.1) is 5.10 Å². The number of carbonyl (C=O) groups is 1. The van der Waals surface area contributed by atoms with Crippen molar-refractivity contribution in [3.05, 3.63) is 71.9 Å². The zero-order valence-corrected chi connectivity index (χ0v) is 15.7. The van der Waals surface area contributed by atoms with Crippen LogP contribution in [0.25, 0.3) is 11.1 Å². The summed E-state index contributed by atoms with van der Waals surface area (Å²) in [5, 5.41) is 17.8. The molecule has 2 heterocycles. The van der Waals surface area contributed by atoms with Crippen molar-refractivity contribution in [2.24, 2.45) is 0 Å². The molecule has 1 aliphatic heterocycles. The molecular weight excluding hydrogens is 352 g/mol. The van der Waals surface area contributed by atoms with Crippen LogP contribution >= 0.6 is 0 Å². The number of anilines is 1. The Kier molecular flexibility index (Phi) is 4.93. The van der Waals surface area contributed by atoms with Crippen LogP contribution < -0.4 is 4.90 Å². The summed E-state index contributed by atoms with van der Waals surface area (Å²) in [6, 6.07) is 16.7. The smallest absolute Gasteiger partial charge is 0.253 e. The van der Waals surface area contributed by atoms with E-state index in [0.29, 0.717) is 18.7 Å². The van der Waals surface area contributed by atoms with E-state index < -0.39 is 0 Å². The Balaban J connectivity index is 1.46. The molecular formula is C22H22N4O2. The second-order valence-corrected chi connectivity index (χ2v) is 6.94. The lowest BCUT2D eigenvalue weighted by Gasteiger charge is -2.35. The van der Waals surface area contributed by atoms with E-state index in [2.05, 4.69) is 15.1 Å². The van der Waals surface area contributed by atoms with Crippen molar-refractivity contribution in [3.63, 3.8) is 0 Å². The maximum atomic E-state index is 12.9. The summed E-state index contributed by atoms with van der Waals surface area (Å²) in [4.78, 5) is 17.0. The van der Waals surface area contributed by atoms with Gasteiger partial charge in [0.2, 0.25) is 0 Å². The minimum Gasteiger partial charge on any atom is -0.508 e. The number of aryl methyl sites for hydroxylation is 1. The van der Waals surface area contributed by atoms with Crippen LogP contribution in [-0.4, -0.2) is 52.3 Å². The number of piperazine rings is 1. The number of rotatable bonds is 3. The van der Waals surface area contributed by atoms with Crippen LogP contribution in [0.1, 0.15) is 15.9 Å². The number of hydrogen-bond acceptors (Lipinski definition) is 5. The molecule has 1 fully saturated rings. The van der Waals surface area contributed by atoms with E-state index >= 15 is 0 Å². The van der Waals surface area contributed by atoms with Crippen molar-refractivity contribution in [2.45, 2.75) is 6.92 Å². The van der Waals surface area contributed by atoms with Gasteiger partial charge in [0.25, 0.3) is 5.91 Å². The molecule has 1 aromatic heterocycles. The minimum atomic E-state index is 0.0457. The summed E-state index contributed by atoms with van der Waals surface area (Å²) in [6.45, 7) is 4.78. The summed E-state index contributed by atoms with van der Waals surface area (Å²) >= 11 is 0. The first-order valence-corrected chi connectivity index (χ1v) is 9.34. The Hall–Kier alpha value is -3.41. The van der Waals surface area contributed by atoms with Crippen LogP contribution in [0.4, 0.5) is 5.82 Å². The number of carbonyl (C=O) groups excluding carboxylic acids is 1. The predicted molar refractivity (Wildman–Crippen MR) is 108 cm³/mol. The summed E-state index contributed by atoms with van der Waals surface area (Å²) in [5.41, 5.74) is 3.65. The molecule has 4 rings (SSSR count). The highest BCUT2D eigenvalue weighted by Gasteiger charge is 2.23. The molecule has 1 amide bonds. The SMILES string of the molecule is Cc1cc(C(=O)N2CCN(c3cccnn3)CC2)ccc1-c1cccc(O)c1. The third-order valence-electron chi connectivity index (χ3n) is 5.08. The third kappa shape index (κ3) is 3.67. The van der Waals surface area contributed by atoms with Crippen molar-refractivity contribution in [1.82, 2.24) is 15.1 Å². The van der Waals surface area contributed by atoms with E-state index in [0.717, 1.165) is 35.6 Å². The van der Waals surface area contributed by atoms with Gasteiger partial charge in [-0.1, -0.05) is 18.2 Å². The van der Waals surface area contributed by atoms with E-state index in [1.165, 1.54) is 0 Å². The van der Waals surface area contributed by atoms with Gasteiger partial charge < -0.3 is 14.9 Å². The molecule has 0 radical (unpaired) electrons. The van der Waals surface area contributed by atoms with Crippen molar-refractivity contribution in [1.29, 1.82) is 0 Å². The summed E-state index contributed by atoms with van der Waals surface area (Å²) in [7, 11) is 0. The van der Waals surface area contributed by atoms with Crippen molar-refractivity contribution >= 4 is 11.7 Å². The lowest BCUT2D eigenvalue weighted by molar-refractivity contribution is 0.0746. The fraction of sp³-hybridized carbons (Fsp3) is 0.227. The molecule has 0 unspecified atom stereocenters. The number of nitrogens with zero attached hydrogens (tertiary/aromatic N) is 4. The zero-order chi connectivity index (χ0) is 19.5. The van der Waals surface area contributed by atoms with Crippen LogP contribution in [0.2, 0.25) is 0 Å². The summed E-state index contributed by atoms with van der Waals surface area (Å²) in [5.74, 6) is 1.13. The van der Waals surface area contributed by atoms with E-state index in [4.69, 9.17) is 0 Å². The molecule has 1 N–H and O–H groups in total. The number of phenols is 1. The molecule has 6 nitrogen and oxygen atoms in total. The molecule has 0 aliphatic carbocycles. The quantitative estimate of drug-likeness (QED) is 0.763. The second kappa shape index (κ2) is 7.68. The molecule has 6 heteroatoms. The number of benzene rings is 2. The largest absolute Gasteiger partial charge is 0.508 e. The molecule has 0 spiro atoms. The van der Waals surface area contributed by atoms with Crippen LogP contribution in [0, 0.1) is 6.92 Å². The van der Waals surface area contributed by atoms with E-state index in [-0.39, 0.29) is 11.7 Å². The Labute approximate surface area is 164 Å². The van der Waals surface area contributed by atoms with Crippen LogP contribution in [0.3, 0.4) is 0 Å².